The minimum Gasteiger partial charge on any atom is -0.258 e. The molecule has 30 heavy (non-hydrogen) atoms. The Morgan fingerprint density at radius 2 is 1.30 bits per heavy atom. The molecule has 0 aliphatic heterocycles. The summed E-state index contributed by atoms with van der Waals surface area (Å²) >= 11 is 11.6. The van der Waals surface area contributed by atoms with Crippen LogP contribution >= 0.6 is 23.2 Å². The van der Waals surface area contributed by atoms with Gasteiger partial charge in [-0.1, -0.05) is 41.4 Å². The van der Waals surface area contributed by atoms with Crippen LogP contribution in [0.1, 0.15) is 0 Å². The zero-order valence-electron chi connectivity index (χ0n) is 14.8. The van der Waals surface area contributed by atoms with Gasteiger partial charge in [0.2, 0.25) is 0 Å². The molecule has 8 nitrogen and oxygen atoms in total. The van der Waals surface area contributed by atoms with Gasteiger partial charge in [-0.3, -0.25) is 10.1 Å². The van der Waals surface area contributed by atoms with Crippen LogP contribution in [-0.4, -0.2) is 21.8 Å². The highest BCUT2D eigenvalue weighted by Gasteiger charge is 2.37. The number of halogens is 2. The average Bonchev–Trinajstić information content (AvgIpc) is 2.68. The molecule has 0 saturated heterocycles. The van der Waals surface area contributed by atoms with Crippen LogP contribution < -0.4 is 3.71 Å². The SMILES string of the molecule is O=[N+]([O-])c1cc(S(=O)(=O)N(c2ccccc2)S(=O)(=O)c2ccc(Cl)cc2)ccc1Cl. The second kappa shape index (κ2) is 8.23. The van der Waals surface area contributed by atoms with Gasteiger partial charge in [0.1, 0.15) is 5.02 Å². The molecule has 3 aromatic rings. The first kappa shape index (κ1) is 22.0. The van der Waals surface area contributed by atoms with Crippen molar-refractivity contribution < 1.29 is 21.8 Å². The number of para-hydroxylation sites is 1. The predicted octanol–water partition coefficient (Wildman–Crippen LogP) is 4.49. The summed E-state index contributed by atoms with van der Waals surface area (Å²) in [6.07, 6.45) is 0. The molecular formula is C18H12Cl2N2O6S2. The molecule has 0 heterocycles. The van der Waals surface area contributed by atoms with Crippen molar-refractivity contribution in [2.45, 2.75) is 9.79 Å². The molecule has 0 aliphatic rings. The molecular weight excluding hydrogens is 475 g/mol. The molecule has 0 aromatic heterocycles. The molecule has 0 unspecified atom stereocenters. The second-order valence-corrected chi connectivity index (χ2v) is 10.5. The number of nitrogens with zero attached hydrogens (tertiary/aromatic N) is 2. The smallest absolute Gasteiger partial charge is 0.258 e. The molecule has 156 valence electrons. The van der Waals surface area contributed by atoms with E-state index in [0.29, 0.717) is 6.07 Å². The van der Waals surface area contributed by atoms with Gasteiger partial charge >= 0.3 is 0 Å². The van der Waals surface area contributed by atoms with Crippen molar-refractivity contribution in [3.63, 3.8) is 0 Å². The highest BCUT2D eigenvalue weighted by molar-refractivity contribution is 8.10. The normalized spacial score (nSPS) is 11.8. The fourth-order valence-electron chi connectivity index (χ4n) is 2.55. The summed E-state index contributed by atoms with van der Waals surface area (Å²) < 4.78 is 53.5. The first-order valence-electron chi connectivity index (χ1n) is 8.10. The lowest BCUT2D eigenvalue weighted by atomic mass is 10.3. The van der Waals surface area contributed by atoms with Crippen LogP contribution in [0.2, 0.25) is 10.0 Å². The van der Waals surface area contributed by atoms with E-state index >= 15 is 0 Å². The third-order valence-electron chi connectivity index (χ3n) is 3.93. The summed E-state index contributed by atoms with van der Waals surface area (Å²) in [6.45, 7) is 0. The molecule has 0 aliphatic carbocycles. The van der Waals surface area contributed by atoms with E-state index in [9.17, 15) is 26.9 Å². The fourth-order valence-corrected chi connectivity index (χ4v) is 6.57. The van der Waals surface area contributed by atoms with Crippen molar-refractivity contribution in [3.8, 4) is 0 Å². The van der Waals surface area contributed by atoms with Crippen LogP contribution in [0.15, 0.2) is 82.6 Å². The molecule has 0 spiro atoms. The fraction of sp³-hybridized carbons (Fsp3) is 0. The van der Waals surface area contributed by atoms with Gasteiger partial charge < -0.3 is 0 Å². The lowest BCUT2D eigenvalue weighted by molar-refractivity contribution is -0.384. The predicted molar refractivity (Wildman–Crippen MR) is 113 cm³/mol. The van der Waals surface area contributed by atoms with Crippen molar-refractivity contribution in [3.05, 3.63) is 93.0 Å². The minimum absolute atomic E-state index is 0.176. The van der Waals surface area contributed by atoms with E-state index < -0.39 is 35.6 Å². The van der Waals surface area contributed by atoms with Crippen molar-refractivity contribution >= 4 is 54.6 Å². The Labute approximate surface area is 182 Å². The summed E-state index contributed by atoms with van der Waals surface area (Å²) in [4.78, 5) is 9.37. The number of nitro benzene ring substituents is 1. The first-order chi connectivity index (χ1) is 14.0. The topological polar surface area (TPSA) is 115 Å². The Kier molecular flexibility index (Phi) is 6.04. The van der Waals surface area contributed by atoms with Crippen LogP contribution in [0.5, 0.6) is 0 Å². The third-order valence-corrected chi connectivity index (χ3v) is 8.69. The average molecular weight is 487 g/mol. The van der Waals surface area contributed by atoms with Gasteiger partial charge in [-0.05, 0) is 48.5 Å². The molecule has 3 aromatic carbocycles. The van der Waals surface area contributed by atoms with Crippen molar-refractivity contribution in [2.24, 2.45) is 0 Å². The summed E-state index contributed by atoms with van der Waals surface area (Å²) in [6, 6.07) is 14.7. The Hall–Kier alpha value is -2.66. The quantitative estimate of drug-likeness (QED) is 0.374. The molecule has 0 saturated carbocycles. The number of rotatable bonds is 6. The zero-order chi connectivity index (χ0) is 22.1. The van der Waals surface area contributed by atoms with Crippen LogP contribution in [0.25, 0.3) is 0 Å². The van der Waals surface area contributed by atoms with Gasteiger partial charge in [-0.25, -0.2) is 16.8 Å². The van der Waals surface area contributed by atoms with Gasteiger partial charge in [-0.15, -0.1) is 0 Å². The standard InChI is InChI=1S/C18H12Cl2N2O6S2/c19-13-6-8-15(9-7-13)29(25,26)22(14-4-2-1-3-5-14)30(27,28)16-10-11-17(20)18(12-16)21(23)24/h1-12H. The zero-order valence-corrected chi connectivity index (χ0v) is 18.0. The molecule has 0 amide bonds. The Morgan fingerprint density at radius 1 is 0.767 bits per heavy atom. The number of anilines is 1. The monoisotopic (exact) mass is 486 g/mol. The van der Waals surface area contributed by atoms with Crippen LogP contribution in [0, 0.1) is 10.1 Å². The molecule has 0 atom stereocenters. The second-order valence-electron chi connectivity index (χ2n) is 5.87. The van der Waals surface area contributed by atoms with Crippen molar-refractivity contribution in [1.29, 1.82) is 0 Å². The summed E-state index contributed by atoms with van der Waals surface area (Å²) in [5.74, 6) is 0. The molecule has 0 fully saturated rings. The third kappa shape index (κ3) is 4.12. The van der Waals surface area contributed by atoms with E-state index in [4.69, 9.17) is 23.2 Å². The molecule has 0 bridgehead atoms. The Balaban J connectivity index is 2.27. The maximum absolute atomic E-state index is 13.4. The van der Waals surface area contributed by atoms with Crippen LogP contribution in [0.4, 0.5) is 11.4 Å². The maximum atomic E-state index is 13.4. The lowest BCUT2D eigenvalue weighted by Gasteiger charge is -2.24. The van der Waals surface area contributed by atoms with E-state index in [-0.39, 0.29) is 24.3 Å². The van der Waals surface area contributed by atoms with E-state index in [2.05, 4.69) is 0 Å². The minimum atomic E-state index is -4.79. The largest absolute Gasteiger partial charge is 0.289 e. The number of nitro groups is 1. The van der Waals surface area contributed by atoms with E-state index in [1.807, 2.05) is 0 Å². The Bertz CT molecular complexity index is 1310. The number of sulfonamides is 2. The van der Waals surface area contributed by atoms with Gasteiger partial charge in [0.25, 0.3) is 25.7 Å². The first-order valence-corrected chi connectivity index (χ1v) is 11.7. The van der Waals surface area contributed by atoms with Gasteiger partial charge in [0, 0.05) is 11.1 Å². The number of hydrogen-bond acceptors (Lipinski definition) is 6. The van der Waals surface area contributed by atoms with E-state index in [0.717, 1.165) is 24.3 Å². The van der Waals surface area contributed by atoms with Gasteiger partial charge in [0.15, 0.2) is 0 Å². The highest BCUT2D eigenvalue weighted by atomic mass is 35.5. The summed E-state index contributed by atoms with van der Waals surface area (Å²) in [5.41, 5.74) is -0.848. The lowest BCUT2D eigenvalue weighted by Crippen LogP contribution is -2.37. The Morgan fingerprint density at radius 3 is 1.87 bits per heavy atom. The maximum Gasteiger partial charge on any atom is 0.289 e. The highest BCUT2D eigenvalue weighted by Crippen LogP contribution is 2.34. The summed E-state index contributed by atoms with van der Waals surface area (Å²) in [7, 11) is -9.43. The van der Waals surface area contributed by atoms with Gasteiger partial charge in [-0.2, -0.15) is 3.71 Å². The molecule has 3 rings (SSSR count). The van der Waals surface area contributed by atoms with E-state index in [1.54, 1.807) is 6.07 Å². The van der Waals surface area contributed by atoms with Crippen molar-refractivity contribution in [2.75, 3.05) is 3.71 Å². The number of hydrogen-bond donors (Lipinski definition) is 0. The summed E-state index contributed by atoms with van der Waals surface area (Å²) in [5, 5.41) is 11.1. The number of benzene rings is 3. The van der Waals surface area contributed by atoms with Crippen molar-refractivity contribution in [1.82, 2.24) is 0 Å². The van der Waals surface area contributed by atoms with Crippen LogP contribution in [-0.2, 0) is 20.0 Å². The van der Waals surface area contributed by atoms with Gasteiger partial charge in [0.05, 0.1) is 20.4 Å². The molecule has 0 radical (unpaired) electrons. The van der Waals surface area contributed by atoms with Crippen LogP contribution in [0.3, 0.4) is 0 Å². The molecule has 12 heteroatoms. The van der Waals surface area contributed by atoms with E-state index in [1.165, 1.54) is 36.4 Å². The molecule has 0 N–H and O–H groups in total.